The van der Waals surface area contributed by atoms with E-state index in [2.05, 4.69) is 13.8 Å². The molecule has 0 aliphatic heterocycles. The van der Waals surface area contributed by atoms with E-state index >= 15 is 0 Å². The third-order valence-electron chi connectivity index (χ3n) is 5.50. The van der Waals surface area contributed by atoms with Crippen LogP contribution in [0.3, 0.4) is 0 Å². The molecule has 0 unspecified atom stereocenters. The molecule has 0 aromatic heterocycles. The van der Waals surface area contributed by atoms with E-state index in [-0.39, 0.29) is 16.6 Å². The molecule has 2 saturated carbocycles. The predicted molar refractivity (Wildman–Crippen MR) is 66.4 cm³/mol. The highest BCUT2D eigenvalue weighted by atomic mass is 16.3. The molecule has 0 spiro atoms. The third kappa shape index (κ3) is 1.40. The van der Waals surface area contributed by atoms with Crippen molar-refractivity contribution in [1.82, 2.24) is 0 Å². The van der Waals surface area contributed by atoms with Crippen LogP contribution in [-0.4, -0.2) is 16.5 Å². The lowest BCUT2D eigenvalue weighted by Gasteiger charge is -2.44. The van der Waals surface area contributed by atoms with Crippen molar-refractivity contribution in [3.05, 3.63) is 11.6 Å². The second-order valence-electron chi connectivity index (χ2n) is 7.45. The minimum Gasteiger partial charge on any atom is -0.390 e. The molecule has 0 heterocycles. The summed E-state index contributed by atoms with van der Waals surface area (Å²) in [6.07, 6.45) is 4.67. The van der Waals surface area contributed by atoms with Gasteiger partial charge in [0.25, 0.3) is 0 Å². The van der Waals surface area contributed by atoms with Gasteiger partial charge in [-0.1, -0.05) is 19.4 Å². The largest absolute Gasteiger partial charge is 0.390 e. The van der Waals surface area contributed by atoms with Crippen LogP contribution in [0.2, 0.25) is 0 Å². The Hall–Kier alpha value is -0.630. The van der Waals surface area contributed by atoms with Crippen molar-refractivity contribution in [2.75, 3.05) is 0 Å². The van der Waals surface area contributed by atoms with Crippen LogP contribution < -0.4 is 0 Å². The molecule has 0 aromatic carbocycles. The molecular formula is C15H22O2. The lowest BCUT2D eigenvalue weighted by Crippen LogP contribution is -2.42. The Morgan fingerprint density at radius 1 is 1.35 bits per heavy atom. The first-order valence-electron chi connectivity index (χ1n) is 6.65. The van der Waals surface area contributed by atoms with E-state index in [9.17, 15) is 9.90 Å². The Bertz CT molecular complexity index is 429. The number of hydrogen-bond acceptors (Lipinski definition) is 2. The smallest absolute Gasteiger partial charge is 0.156 e. The molecule has 0 saturated heterocycles. The number of fused-ring (bicyclic) bond motifs is 3. The summed E-state index contributed by atoms with van der Waals surface area (Å²) in [5.74, 6) is 1.19. The van der Waals surface area contributed by atoms with Gasteiger partial charge in [0, 0.05) is 6.42 Å². The molecule has 0 amide bonds. The molecule has 3 aliphatic rings. The van der Waals surface area contributed by atoms with Crippen LogP contribution in [0, 0.1) is 22.7 Å². The monoisotopic (exact) mass is 234 g/mol. The molecule has 94 valence electrons. The zero-order valence-corrected chi connectivity index (χ0v) is 11.2. The van der Waals surface area contributed by atoms with Crippen molar-refractivity contribution >= 4 is 5.78 Å². The highest BCUT2D eigenvalue weighted by molar-refractivity contribution is 5.95. The molecule has 3 rings (SSSR count). The SMILES string of the molecule is CC(C)(O)[C@H]1C[C@@]2(C)CC(=O)C=C2[C@@]2(C)C[C@@H]12. The van der Waals surface area contributed by atoms with Crippen molar-refractivity contribution in [3.8, 4) is 0 Å². The van der Waals surface area contributed by atoms with E-state index in [1.165, 1.54) is 5.57 Å². The van der Waals surface area contributed by atoms with Crippen LogP contribution in [-0.2, 0) is 4.79 Å². The Kier molecular flexibility index (Phi) is 1.92. The molecule has 2 heteroatoms. The molecule has 2 nitrogen and oxygen atoms in total. The van der Waals surface area contributed by atoms with Gasteiger partial charge in [-0.3, -0.25) is 4.79 Å². The van der Waals surface area contributed by atoms with Gasteiger partial charge in [0.15, 0.2) is 5.78 Å². The number of carbonyl (C=O) groups is 1. The van der Waals surface area contributed by atoms with Crippen molar-refractivity contribution in [1.29, 1.82) is 0 Å². The highest BCUT2D eigenvalue weighted by Gasteiger charge is 2.67. The molecule has 4 atom stereocenters. The summed E-state index contributed by atoms with van der Waals surface area (Å²) < 4.78 is 0. The zero-order chi connectivity index (χ0) is 12.6. The first-order chi connectivity index (χ1) is 7.67. The summed E-state index contributed by atoms with van der Waals surface area (Å²) in [6.45, 7) is 8.33. The highest BCUT2D eigenvalue weighted by Crippen LogP contribution is 2.73. The van der Waals surface area contributed by atoms with Gasteiger partial charge in [-0.05, 0) is 55.4 Å². The van der Waals surface area contributed by atoms with Crippen molar-refractivity contribution in [2.24, 2.45) is 22.7 Å². The fourth-order valence-corrected chi connectivity index (χ4v) is 4.57. The number of rotatable bonds is 1. The van der Waals surface area contributed by atoms with Crippen LogP contribution in [0.25, 0.3) is 0 Å². The van der Waals surface area contributed by atoms with Gasteiger partial charge in [0.2, 0.25) is 0 Å². The summed E-state index contributed by atoms with van der Waals surface area (Å²) in [5, 5.41) is 10.3. The van der Waals surface area contributed by atoms with Crippen molar-refractivity contribution in [2.45, 2.75) is 52.6 Å². The molecule has 2 fully saturated rings. The molecule has 0 radical (unpaired) electrons. The molecule has 3 aliphatic carbocycles. The van der Waals surface area contributed by atoms with Gasteiger partial charge in [0.1, 0.15) is 0 Å². The van der Waals surface area contributed by atoms with Gasteiger partial charge in [-0.25, -0.2) is 0 Å². The Labute approximate surface area is 103 Å². The lowest BCUT2D eigenvalue weighted by atomic mass is 9.61. The summed E-state index contributed by atoms with van der Waals surface area (Å²) >= 11 is 0. The van der Waals surface area contributed by atoms with E-state index in [0.717, 1.165) is 12.8 Å². The maximum absolute atomic E-state index is 11.7. The average molecular weight is 234 g/mol. The maximum atomic E-state index is 11.7. The number of ketones is 1. The Morgan fingerprint density at radius 2 is 2.00 bits per heavy atom. The molecule has 1 N–H and O–H groups in total. The summed E-state index contributed by atoms with van der Waals surface area (Å²) in [7, 11) is 0. The molecule has 17 heavy (non-hydrogen) atoms. The summed E-state index contributed by atoms with van der Waals surface area (Å²) in [6, 6.07) is 0. The van der Waals surface area contributed by atoms with Crippen LogP contribution in [0.1, 0.15) is 47.0 Å². The quantitative estimate of drug-likeness (QED) is 0.757. The van der Waals surface area contributed by atoms with Gasteiger partial charge in [-0.15, -0.1) is 0 Å². The van der Waals surface area contributed by atoms with Crippen LogP contribution in [0.4, 0.5) is 0 Å². The van der Waals surface area contributed by atoms with Crippen LogP contribution in [0.15, 0.2) is 11.6 Å². The average Bonchev–Trinajstić information content (AvgIpc) is 2.72. The van der Waals surface area contributed by atoms with Gasteiger partial charge in [0.05, 0.1) is 5.60 Å². The number of allylic oxidation sites excluding steroid dienone is 2. The summed E-state index contributed by atoms with van der Waals surface area (Å²) in [4.78, 5) is 11.7. The fourth-order valence-electron chi connectivity index (χ4n) is 4.57. The normalized spacial score (nSPS) is 48.5. The van der Waals surface area contributed by atoms with E-state index in [0.29, 0.717) is 18.3 Å². The topological polar surface area (TPSA) is 37.3 Å². The second-order valence-corrected chi connectivity index (χ2v) is 7.45. The second kappa shape index (κ2) is 2.85. The number of aliphatic hydroxyl groups is 1. The standard InChI is InChI=1S/C15H22O2/c1-13(2,17)10-7-14(3)6-9(16)5-12(14)15(4)8-11(10)15/h5,10-11,17H,6-8H2,1-4H3/t10-,11-,14+,15-/m0/s1. The Balaban J connectivity index is 2.02. The van der Waals surface area contributed by atoms with Crippen molar-refractivity contribution < 1.29 is 9.90 Å². The fraction of sp³-hybridized carbons (Fsp3) is 0.800. The lowest BCUT2D eigenvalue weighted by molar-refractivity contribution is -0.115. The zero-order valence-electron chi connectivity index (χ0n) is 11.2. The first-order valence-corrected chi connectivity index (χ1v) is 6.65. The molecule has 0 aromatic rings. The third-order valence-corrected chi connectivity index (χ3v) is 5.50. The van der Waals surface area contributed by atoms with Crippen LogP contribution in [0.5, 0.6) is 0 Å². The first kappa shape index (κ1) is 11.5. The maximum Gasteiger partial charge on any atom is 0.156 e. The molecule has 0 bridgehead atoms. The van der Waals surface area contributed by atoms with Gasteiger partial charge >= 0.3 is 0 Å². The van der Waals surface area contributed by atoms with E-state index in [1.807, 2.05) is 19.9 Å². The van der Waals surface area contributed by atoms with E-state index in [4.69, 9.17) is 0 Å². The molecular weight excluding hydrogens is 212 g/mol. The minimum atomic E-state index is -0.622. The summed E-state index contributed by atoms with van der Waals surface area (Å²) in [5.41, 5.74) is 0.969. The van der Waals surface area contributed by atoms with Crippen LogP contribution >= 0.6 is 0 Å². The van der Waals surface area contributed by atoms with E-state index < -0.39 is 5.60 Å². The minimum absolute atomic E-state index is 0.0174. The van der Waals surface area contributed by atoms with Gasteiger partial charge < -0.3 is 5.11 Å². The van der Waals surface area contributed by atoms with Gasteiger partial charge in [-0.2, -0.15) is 0 Å². The van der Waals surface area contributed by atoms with E-state index in [1.54, 1.807) is 0 Å². The number of carbonyl (C=O) groups excluding carboxylic acids is 1. The predicted octanol–water partition coefficient (Wildman–Crippen LogP) is 2.71. The number of hydrogen-bond donors (Lipinski definition) is 1. The Morgan fingerprint density at radius 3 is 2.59 bits per heavy atom. The van der Waals surface area contributed by atoms with Crippen molar-refractivity contribution in [3.63, 3.8) is 0 Å².